The number of nitrogens with one attached hydrogen (secondary N) is 1. The Hall–Kier alpha value is -2.37. The van der Waals surface area contributed by atoms with Gasteiger partial charge in [0.25, 0.3) is 0 Å². The standard InChI is InChI=1S/C14H18N2O4/c1-9-4-2-3-5-10(9)6-7-13(18)16-11(14(19)20)8-12(15)17/h2-5,11H,6-8H2,1H3,(H2,15,17)(H,16,18)(H,19,20)/t11-/m1/s1. The second-order valence-electron chi connectivity index (χ2n) is 4.56. The Bertz CT molecular complexity index is 514. The van der Waals surface area contributed by atoms with Gasteiger partial charge in [-0.3, -0.25) is 9.59 Å². The highest BCUT2D eigenvalue weighted by atomic mass is 16.4. The summed E-state index contributed by atoms with van der Waals surface area (Å²) in [6, 6.07) is 6.39. The minimum Gasteiger partial charge on any atom is -0.480 e. The van der Waals surface area contributed by atoms with Crippen LogP contribution in [0.25, 0.3) is 0 Å². The number of carboxylic acid groups (broad SMARTS) is 1. The maximum Gasteiger partial charge on any atom is 0.326 e. The summed E-state index contributed by atoms with van der Waals surface area (Å²) in [5.41, 5.74) is 7.05. The summed E-state index contributed by atoms with van der Waals surface area (Å²) in [4.78, 5) is 33.3. The lowest BCUT2D eigenvalue weighted by Gasteiger charge is -2.13. The molecule has 0 saturated carbocycles. The SMILES string of the molecule is Cc1ccccc1CCC(=O)N[C@H](CC(N)=O)C(=O)O. The average Bonchev–Trinajstić information content (AvgIpc) is 2.36. The quantitative estimate of drug-likeness (QED) is 0.669. The van der Waals surface area contributed by atoms with Crippen LogP contribution in [-0.2, 0) is 20.8 Å². The molecule has 1 atom stereocenters. The van der Waals surface area contributed by atoms with Crippen LogP contribution in [0, 0.1) is 6.92 Å². The Labute approximate surface area is 117 Å². The third-order valence-corrected chi connectivity index (χ3v) is 2.92. The molecular formula is C14H18N2O4. The predicted octanol–water partition coefficient (Wildman–Crippen LogP) is 0.372. The molecule has 0 saturated heterocycles. The molecule has 1 aromatic rings. The van der Waals surface area contributed by atoms with Gasteiger partial charge >= 0.3 is 5.97 Å². The van der Waals surface area contributed by atoms with Crippen LogP contribution in [0.3, 0.4) is 0 Å². The molecule has 2 amide bonds. The third kappa shape index (κ3) is 5.09. The smallest absolute Gasteiger partial charge is 0.326 e. The summed E-state index contributed by atoms with van der Waals surface area (Å²) in [6.07, 6.45) is 0.264. The summed E-state index contributed by atoms with van der Waals surface area (Å²) in [5, 5.41) is 11.2. The van der Waals surface area contributed by atoms with Gasteiger partial charge < -0.3 is 16.2 Å². The van der Waals surface area contributed by atoms with Crippen LogP contribution < -0.4 is 11.1 Å². The number of rotatable bonds is 7. The lowest BCUT2D eigenvalue weighted by molar-refractivity contribution is -0.143. The highest BCUT2D eigenvalue weighted by molar-refractivity contribution is 5.88. The minimum atomic E-state index is -1.27. The molecule has 1 aromatic carbocycles. The monoisotopic (exact) mass is 278 g/mol. The second kappa shape index (κ2) is 7.28. The maximum absolute atomic E-state index is 11.7. The van der Waals surface area contributed by atoms with Crippen molar-refractivity contribution >= 4 is 17.8 Å². The molecule has 0 heterocycles. The van der Waals surface area contributed by atoms with Crippen LogP contribution in [0.15, 0.2) is 24.3 Å². The fraction of sp³-hybridized carbons (Fsp3) is 0.357. The van der Waals surface area contributed by atoms with Crippen LogP contribution in [0.5, 0.6) is 0 Å². The Morgan fingerprint density at radius 2 is 1.95 bits per heavy atom. The first-order valence-corrected chi connectivity index (χ1v) is 6.25. The number of hydrogen-bond acceptors (Lipinski definition) is 3. The summed E-state index contributed by atoms with van der Waals surface area (Å²) in [6.45, 7) is 1.94. The number of carbonyl (C=O) groups is 3. The summed E-state index contributed by atoms with van der Waals surface area (Å²) >= 11 is 0. The largest absolute Gasteiger partial charge is 0.480 e. The number of carboxylic acids is 1. The highest BCUT2D eigenvalue weighted by Crippen LogP contribution is 2.09. The van der Waals surface area contributed by atoms with Gasteiger partial charge in [0.1, 0.15) is 6.04 Å². The predicted molar refractivity (Wildman–Crippen MR) is 72.9 cm³/mol. The molecule has 0 bridgehead atoms. The Balaban J connectivity index is 2.52. The van der Waals surface area contributed by atoms with Crippen LogP contribution in [0.4, 0.5) is 0 Å². The van der Waals surface area contributed by atoms with Gasteiger partial charge in [0.15, 0.2) is 0 Å². The molecule has 0 aliphatic rings. The van der Waals surface area contributed by atoms with E-state index in [0.29, 0.717) is 6.42 Å². The lowest BCUT2D eigenvalue weighted by Crippen LogP contribution is -2.43. The van der Waals surface area contributed by atoms with Crippen LogP contribution in [0.2, 0.25) is 0 Å². The van der Waals surface area contributed by atoms with Gasteiger partial charge in [-0.1, -0.05) is 24.3 Å². The first-order chi connectivity index (χ1) is 9.40. The molecule has 0 unspecified atom stereocenters. The van der Waals surface area contributed by atoms with Crippen molar-refractivity contribution in [3.63, 3.8) is 0 Å². The molecule has 4 N–H and O–H groups in total. The van der Waals surface area contributed by atoms with Crippen molar-refractivity contribution in [2.75, 3.05) is 0 Å². The number of aryl methyl sites for hydroxylation is 2. The molecule has 0 spiro atoms. The lowest BCUT2D eigenvalue weighted by atomic mass is 10.0. The van der Waals surface area contributed by atoms with Gasteiger partial charge in [-0.2, -0.15) is 0 Å². The van der Waals surface area contributed by atoms with Gasteiger partial charge in [0.05, 0.1) is 6.42 Å². The van der Waals surface area contributed by atoms with E-state index >= 15 is 0 Å². The number of amides is 2. The van der Waals surface area contributed by atoms with E-state index in [9.17, 15) is 14.4 Å². The first kappa shape index (κ1) is 15.7. The molecule has 0 aromatic heterocycles. The normalized spacial score (nSPS) is 11.7. The Kier molecular flexibility index (Phi) is 5.71. The number of primary amides is 1. The number of carbonyl (C=O) groups excluding carboxylic acids is 2. The van der Waals surface area contributed by atoms with Crippen LogP contribution in [-0.4, -0.2) is 28.9 Å². The minimum absolute atomic E-state index is 0.160. The molecule has 6 nitrogen and oxygen atoms in total. The van der Waals surface area contributed by atoms with Gasteiger partial charge in [0, 0.05) is 6.42 Å². The Morgan fingerprint density at radius 3 is 2.50 bits per heavy atom. The van der Waals surface area contributed by atoms with E-state index in [4.69, 9.17) is 10.8 Å². The van der Waals surface area contributed by atoms with Crippen molar-refractivity contribution in [3.8, 4) is 0 Å². The van der Waals surface area contributed by atoms with Gasteiger partial charge in [-0.05, 0) is 24.5 Å². The molecule has 0 aliphatic heterocycles. The van der Waals surface area contributed by atoms with Gasteiger partial charge in [-0.15, -0.1) is 0 Å². The van der Waals surface area contributed by atoms with Crippen molar-refractivity contribution in [3.05, 3.63) is 35.4 Å². The van der Waals surface area contributed by atoms with E-state index in [-0.39, 0.29) is 6.42 Å². The number of hydrogen-bond donors (Lipinski definition) is 3. The highest BCUT2D eigenvalue weighted by Gasteiger charge is 2.21. The third-order valence-electron chi connectivity index (χ3n) is 2.92. The molecule has 108 valence electrons. The molecule has 0 radical (unpaired) electrons. The van der Waals surface area contributed by atoms with E-state index in [1.807, 2.05) is 31.2 Å². The second-order valence-corrected chi connectivity index (χ2v) is 4.56. The zero-order valence-electron chi connectivity index (χ0n) is 11.3. The van der Waals surface area contributed by atoms with Crippen molar-refractivity contribution in [1.29, 1.82) is 0 Å². The zero-order valence-corrected chi connectivity index (χ0v) is 11.3. The maximum atomic E-state index is 11.7. The Morgan fingerprint density at radius 1 is 1.30 bits per heavy atom. The van der Waals surface area contributed by atoms with Crippen LogP contribution in [0.1, 0.15) is 24.0 Å². The number of benzene rings is 1. The van der Waals surface area contributed by atoms with E-state index in [1.54, 1.807) is 0 Å². The molecule has 20 heavy (non-hydrogen) atoms. The summed E-state index contributed by atoms with van der Waals surface area (Å²) in [7, 11) is 0. The summed E-state index contributed by atoms with van der Waals surface area (Å²) < 4.78 is 0. The molecule has 0 fully saturated rings. The van der Waals surface area contributed by atoms with Gasteiger partial charge in [0.2, 0.25) is 11.8 Å². The van der Waals surface area contributed by atoms with E-state index in [0.717, 1.165) is 11.1 Å². The summed E-state index contributed by atoms with van der Waals surface area (Å²) in [5.74, 6) is -2.45. The molecule has 1 rings (SSSR count). The molecule has 6 heteroatoms. The topological polar surface area (TPSA) is 109 Å². The number of aliphatic carboxylic acids is 1. The zero-order chi connectivity index (χ0) is 15.1. The molecular weight excluding hydrogens is 260 g/mol. The van der Waals surface area contributed by atoms with Crippen molar-refractivity contribution < 1.29 is 19.5 Å². The molecule has 0 aliphatic carbocycles. The first-order valence-electron chi connectivity index (χ1n) is 6.25. The van der Waals surface area contributed by atoms with E-state index in [1.165, 1.54) is 0 Å². The van der Waals surface area contributed by atoms with Gasteiger partial charge in [-0.25, -0.2) is 4.79 Å². The number of nitrogens with two attached hydrogens (primary N) is 1. The average molecular weight is 278 g/mol. The van der Waals surface area contributed by atoms with Crippen molar-refractivity contribution in [2.24, 2.45) is 5.73 Å². The fourth-order valence-corrected chi connectivity index (χ4v) is 1.81. The van der Waals surface area contributed by atoms with E-state index < -0.39 is 30.2 Å². The fourth-order valence-electron chi connectivity index (χ4n) is 1.81. The van der Waals surface area contributed by atoms with E-state index in [2.05, 4.69) is 5.32 Å². The van der Waals surface area contributed by atoms with Crippen molar-refractivity contribution in [2.45, 2.75) is 32.2 Å². The van der Waals surface area contributed by atoms with Crippen molar-refractivity contribution in [1.82, 2.24) is 5.32 Å². The van der Waals surface area contributed by atoms with Crippen LogP contribution >= 0.6 is 0 Å².